The Morgan fingerprint density at radius 1 is 1.47 bits per heavy atom. The van der Waals surface area contributed by atoms with E-state index in [-0.39, 0.29) is 5.91 Å². The molecule has 0 aliphatic heterocycles. The predicted octanol–water partition coefficient (Wildman–Crippen LogP) is 2.50. The number of rotatable bonds is 6. The van der Waals surface area contributed by atoms with Gasteiger partial charge < -0.3 is 15.0 Å². The van der Waals surface area contributed by atoms with E-state index in [1.165, 1.54) is 0 Å². The summed E-state index contributed by atoms with van der Waals surface area (Å²) >= 11 is 3.33. The molecule has 2 N–H and O–H groups in total. The Labute approximate surface area is 121 Å². The van der Waals surface area contributed by atoms with Gasteiger partial charge in [0, 0.05) is 23.8 Å². The number of carboxylic acid groups (broad SMARTS) is 1. The molecule has 1 aromatic heterocycles. The molecule has 0 atom stereocenters. The van der Waals surface area contributed by atoms with Crippen molar-refractivity contribution in [3.8, 4) is 0 Å². The number of aromatic nitrogens is 1. The highest BCUT2D eigenvalue weighted by atomic mass is 79.9. The van der Waals surface area contributed by atoms with Crippen LogP contribution >= 0.6 is 15.9 Å². The standard InChI is InChI=1S/C13H19BrN2O3/c1-4-16-8-9(14)7-10(16)11(17)15-6-5-13(2,3)12(18)19/h7-8H,4-6H2,1-3H3,(H,15,17)(H,18,19). The fourth-order valence-electron chi connectivity index (χ4n) is 1.61. The summed E-state index contributed by atoms with van der Waals surface area (Å²) in [6.07, 6.45) is 2.23. The van der Waals surface area contributed by atoms with Crippen molar-refractivity contribution in [2.45, 2.75) is 33.7 Å². The van der Waals surface area contributed by atoms with E-state index < -0.39 is 11.4 Å². The summed E-state index contributed by atoms with van der Waals surface area (Å²) < 4.78 is 2.69. The normalized spacial score (nSPS) is 11.4. The number of amides is 1. The minimum Gasteiger partial charge on any atom is -0.481 e. The van der Waals surface area contributed by atoms with Gasteiger partial charge in [-0.2, -0.15) is 0 Å². The fraction of sp³-hybridized carbons (Fsp3) is 0.538. The topological polar surface area (TPSA) is 71.3 Å². The van der Waals surface area contributed by atoms with Gasteiger partial charge in [0.15, 0.2) is 0 Å². The molecule has 0 radical (unpaired) electrons. The van der Waals surface area contributed by atoms with Crippen LogP contribution in [0.5, 0.6) is 0 Å². The van der Waals surface area contributed by atoms with Crippen molar-refractivity contribution in [2.24, 2.45) is 5.41 Å². The molecule has 0 saturated heterocycles. The van der Waals surface area contributed by atoms with Crippen molar-refractivity contribution < 1.29 is 14.7 Å². The van der Waals surface area contributed by atoms with Crippen LogP contribution in [0.4, 0.5) is 0 Å². The van der Waals surface area contributed by atoms with Gasteiger partial charge in [-0.05, 0) is 49.2 Å². The maximum atomic E-state index is 12.0. The lowest BCUT2D eigenvalue weighted by Crippen LogP contribution is -2.32. The van der Waals surface area contributed by atoms with E-state index in [9.17, 15) is 9.59 Å². The van der Waals surface area contributed by atoms with Gasteiger partial charge in [-0.25, -0.2) is 0 Å². The van der Waals surface area contributed by atoms with Crippen LogP contribution < -0.4 is 5.32 Å². The van der Waals surface area contributed by atoms with Crippen LogP contribution in [0.3, 0.4) is 0 Å². The number of carbonyl (C=O) groups is 2. The van der Waals surface area contributed by atoms with Crippen molar-refractivity contribution in [1.29, 1.82) is 0 Å². The summed E-state index contributed by atoms with van der Waals surface area (Å²) in [5.74, 6) is -1.05. The lowest BCUT2D eigenvalue weighted by Gasteiger charge is -2.19. The minimum absolute atomic E-state index is 0.186. The minimum atomic E-state index is -0.860. The Bertz CT molecular complexity index is 480. The molecule has 1 rings (SSSR count). The maximum absolute atomic E-state index is 12.0. The summed E-state index contributed by atoms with van der Waals surface area (Å²) in [6.45, 7) is 6.29. The Hall–Kier alpha value is -1.30. The molecule has 6 heteroatoms. The van der Waals surface area contributed by atoms with Gasteiger partial charge in [0.2, 0.25) is 0 Å². The molecule has 0 aliphatic rings. The average molecular weight is 331 g/mol. The number of halogens is 1. The molecule has 5 nitrogen and oxygen atoms in total. The number of aryl methyl sites for hydroxylation is 1. The van der Waals surface area contributed by atoms with E-state index >= 15 is 0 Å². The number of nitrogens with zero attached hydrogens (tertiary/aromatic N) is 1. The average Bonchev–Trinajstić information content (AvgIpc) is 2.70. The zero-order chi connectivity index (χ0) is 14.6. The predicted molar refractivity (Wildman–Crippen MR) is 76.2 cm³/mol. The highest BCUT2D eigenvalue weighted by molar-refractivity contribution is 9.10. The van der Waals surface area contributed by atoms with E-state index in [0.29, 0.717) is 25.2 Å². The Balaban J connectivity index is 2.59. The third-order valence-electron chi connectivity index (χ3n) is 3.05. The van der Waals surface area contributed by atoms with Crippen molar-refractivity contribution >= 4 is 27.8 Å². The Kier molecular flexibility index (Phi) is 5.17. The number of carbonyl (C=O) groups excluding carboxylic acids is 1. The van der Waals surface area contributed by atoms with Crippen LogP contribution in [0.25, 0.3) is 0 Å². The van der Waals surface area contributed by atoms with E-state index in [0.717, 1.165) is 4.47 Å². The molecule has 0 fully saturated rings. The molecule has 0 spiro atoms. The van der Waals surface area contributed by atoms with Gasteiger partial charge in [0.05, 0.1) is 5.41 Å². The lowest BCUT2D eigenvalue weighted by molar-refractivity contribution is -0.147. The van der Waals surface area contributed by atoms with Crippen molar-refractivity contribution in [2.75, 3.05) is 6.54 Å². The molecule has 0 bridgehead atoms. The third kappa shape index (κ3) is 4.09. The first-order valence-corrected chi connectivity index (χ1v) is 6.94. The lowest BCUT2D eigenvalue weighted by atomic mass is 9.90. The Morgan fingerprint density at radius 3 is 2.63 bits per heavy atom. The van der Waals surface area contributed by atoms with Gasteiger partial charge in [-0.15, -0.1) is 0 Å². The molecule has 0 saturated carbocycles. The van der Waals surface area contributed by atoms with Gasteiger partial charge in [-0.3, -0.25) is 9.59 Å². The largest absolute Gasteiger partial charge is 0.481 e. The zero-order valence-electron chi connectivity index (χ0n) is 11.4. The second kappa shape index (κ2) is 6.23. The number of hydrogen-bond acceptors (Lipinski definition) is 2. The summed E-state index contributed by atoms with van der Waals surface area (Å²) in [6, 6.07) is 1.75. The van der Waals surface area contributed by atoms with Gasteiger partial charge in [0.1, 0.15) is 5.69 Å². The molecule has 1 aromatic rings. The van der Waals surface area contributed by atoms with Crippen LogP contribution in [0.1, 0.15) is 37.7 Å². The van der Waals surface area contributed by atoms with Crippen molar-refractivity contribution in [3.63, 3.8) is 0 Å². The first-order chi connectivity index (χ1) is 8.77. The van der Waals surface area contributed by atoms with Gasteiger partial charge in [0.25, 0.3) is 5.91 Å². The van der Waals surface area contributed by atoms with Crippen LogP contribution in [0, 0.1) is 5.41 Å². The van der Waals surface area contributed by atoms with Crippen molar-refractivity contribution in [1.82, 2.24) is 9.88 Å². The van der Waals surface area contributed by atoms with E-state index in [4.69, 9.17) is 5.11 Å². The molecule has 19 heavy (non-hydrogen) atoms. The summed E-state index contributed by atoms with van der Waals surface area (Å²) in [4.78, 5) is 22.9. The van der Waals surface area contributed by atoms with Crippen molar-refractivity contribution in [3.05, 3.63) is 22.4 Å². The smallest absolute Gasteiger partial charge is 0.309 e. The monoisotopic (exact) mass is 330 g/mol. The molecular formula is C13H19BrN2O3. The number of carboxylic acids is 1. The second-order valence-corrected chi connectivity index (χ2v) is 5.94. The number of aliphatic carboxylic acids is 1. The molecule has 106 valence electrons. The number of nitrogens with one attached hydrogen (secondary N) is 1. The highest BCUT2D eigenvalue weighted by Crippen LogP contribution is 2.19. The quantitative estimate of drug-likeness (QED) is 0.841. The molecular weight excluding hydrogens is 312 g/mol. The SMILES string of the molecule is CCn1cc(Br)cc1C(=O)NCCC(C)(C)C(=O)O. The third-order valence-corrected chi connectivity index (χ3v) is 3.48. The maximum Gasteiger partial charge on any atom is 0.309 e. The fourth-order valence-corrected chi connectivity index (χ4v) is 2.08. The first kappa shape index (κ1) is 15.8. The van der Waals surface area contributed by atoms with E-state index in [1.54, 1.807) is 19.9 Å². The number of hydrogen-bond donors (Lipinski definition) is 2. The molecule has 0 aliphatic carbocycles. The first-order valence-electron chi connectivity index (χ1n) is 6.15. The van der Waals surface area contributed by atoms with Crippen LogP contribution in [0.2, 0.25) is 0 Å². The second-order valence-electron chi connectivity index (χ2n) is 5.02. The molecule has 0 aromatic carbocycles. The van der Waals surface area contributed by atoms with Crippen LogP contribution in [-0.2, 0) is 11.3 Å². The zero-order valence-corrected chi connectivity index (χ0v) is 13.0. The Morgan fingerprint density at radius 2 is 2.11 bits per heavy atom. The summed E-state index contributed by atoms with van der Waals surface area (Å²) in [5.41, 5.74) is -0.261. The molecule has 1 amide bonds. The molecule has 0 unspecified atom stereocenters. The highest BCUT2D eigenvalue weighted by Gasteiger charge is 2.26. The van der Waals surface area contributed by atoms with E-state index in [2.05, 4.69) is 21.2 Å². The van der Waals surface area contributed by atoms with Crippen LogP contribution in [-0.4, -0.2) is 28.1 Å². The van der Waals surface area contributed by atoms with E-state index in [1.807, 2.05) is 17.7 Å². The van der Waals surface area contributed by atoms with Gasteiger partial charge >= 0.3 is 5.97 Å². The summed E-state index contributed by atoms with van der Waals surface area (Å²) in [7, 11) is 0. The van der Waals surface area contributed by atoms with Crippen LogP contribution in [0.15, 0.2) is 16.7 Å². The van der Waals surface area contributed by atoms with Gasteiger partial charge in [-0.1, -0.05) is 0 Å². The molecule has 1 heterocycles. The summed E-state index contributed by atoms with van der Waals surface area (Å²) in [5, 5.41) is 11.7.